The SMILES string of the molecule is CC(=O)Nc1cc(-c2cccc(CCNC(=O)c3ccccc3C(F)(F)F)c2)ccn1. The monoisotopic (exact) mass is 427 g/mol. The maximum atomic E-state index is 13.1. The molecule has 0 bridgehead atoms. The summed E-state index contributed by atoms with van der Waals surface area (Å²) in [5.74, 6) is -0.551. The van der Waals surface area contributed by atoms with Crippen molar-refractivity contribution in [2.45, 2.75) is 19.5 Å². The van der Waals surface area contributed by atoms with E-state index >= 15 is 0 Å². The van der Waals surface area contributed by atoms with Crippen LogP contribution in [-0.4, -0.2) is 23.3 Å². The predicted molar refractivity (Wildman–Crippen MR) is 111 cm³/mol. The van der Waals surface area contributed by atoms with Gasteiger partial charge in [0.05, 0.1) is 11.1 Å². The largest absolute Gasteiger partial charge is 0.417 e. The molecule has 1 aromatic heterocycles. The van der Waals surface area contributed by atoms with Crippen molar-refractivity contribution in [3.05, 3.63) is 83.6 Å². The summed E-state index contributed by atoms with van der Waals surface area (Å²) in [7, 11) is 0. The number of carbonyl (C=O) groups excluding carboxylic acids is 2. The molecule has 3 aromatic rings. The second-order valence-electron chi connectivity index (χ2n) is 6.86. The number of benzene rings is 2. The van der Waals surface area contributed by atoms with Gasteiger partial charge in [-0.25, -0.2) is 4.98 Å². The minimum Gasteiger partial charge on any atom is -0.352 e. The molecule has 2 N–H and O–H groups in total. The van der Waals surface area contributed by atoms with Gasteiger partial charge >= 0.3 is 6.18 Å². The van der Waals surface area contributed by atoms with Crippen LogP contribution in [0.4, 0.5) is 19.0 Å². The van der Waals surface area contributed by atoms with Gasteiger partial charge in [0.2, 0.25) is 5.91 Å². The first-order valence-corrected chi connectivity index (χ1v) is 9.51. The van der Waals surface area contributed by atoms with Crippen LogP contribution >= 0.6 is 0 Å². The van der Waals surface area contributed by atoms with E-state index in [4.69, 9.17) is 0 Å². The van der Waals surface area contributed by atoms with Gasteiger partial charge in [-0.15, -0.1) is 0 Å². The molecule has 0 fully saturated rings. The van der Waals surface area contributed by atoms with Gasteiger partial charge in [-0.2, -0.15) is 13.2 Å². The Labute approximate surface area is 177 Å². The zero-order chi connectivity index (χ0) is 22.4. The van der Waals surface area contributed by atoms with Crippen LogP contribution in [0.5, 0.6) is 0 Å². The first-order chi connectivity index (χ1) is 14.7. The summed E-state index contributed by atoms with van der Waals surface area (Å²) in [6.07, 6.45) is -2.56. The topological polar surface area (TPSA) is 71.1 Å². The van der Waals surface area contributed by atoms with Crippen LogP contribution in [0.15, 0.2) is 66.9 Å². The van der Waals surface area contributed by atoms with Gasteiger partial charge in [0.15, 0.2) is 0 Å². The highest BCUT2D eigenvalue weighted by Gasteiger charge is 2.34. The van der Waals surface area contributed by atoms with E-state index in [1.807, 2.05) is 24.3 Å². The van der Waals surface area contributed by atoms with Crippen LogP contribution in [0.1, 0.15) is 28.4 Å². The summed E-state index contributed by atoms with van der Waals surface area (Å²) >= 11 is 0. The number of hydrogen-bond acceptors (Lipinski definition) is 3. The fourth-order valence-electron chi connectivity index (χ4n) is 3.11. The minimum atomic E-state index is -4.59. The van der Waals surface area contributed by atoms with Gasteiger partial charge in [0, 0.05) is 19.7 Å². The average molecular weight is 427 g/mol. The molecule has 2 aromatic carbocycles. The van der Waals surface area contributed by atoms with E-state index in [2.05, 4.69) is 15.6 Å². The molecule has 5 nitrogen and oxygen atoms in total. The molecule has 0 aliphatic heterocycles. The molecule has 0 radical (unpaired) electrons. The van der Waals surface area contributed by atoms with Crippen molar-refractivity contribution in [1.29, 1.82) is 0 Å². The highest BCUT2D eigenvalue weighted by molar-refractivity contribution is 5.95. The molecule has 0 unspecified atom stereocenters. The molecule has 31 heavy (non-hydrogen) atoms. The van der Waals surface area contributed by atoms with Crippen molar-refractivity contribution in [1.82, 2.24) is 10.3 Å². The zero-order valence-corrected chi connectivity index (χ0v) is 16.7. The van der Waals surface area contributed by atoms with Crippen LogP contribution in [0.25, 0.3) is 11.1 Å². The molecule has 8 heteroatoms. The normalized spacial score (nSPS) is 11.1. The number of carbonyl (C=O) groups is 2. The lowest BCUT2D eigenvalue weighted by Gasteiger charge is -2.13. The molecule has 0 spiro atoms. The van der Waals surface area contributed by atoms with Gasteiger partial charge in [0.25, 0.3) is 5.91 Å². The summed E-state index contributed by atoms with van der Waals surface area (Å²) in [5, 5.41) is 5.18. The first-order valence-electron chi connectivity index (χ1n) is 9.51. The van der Waals surface area contributed by atoms with E-state index in [0.29, 0.717) is 12.2 Å². The van der Waals surface area contributed by atoms with Crippen LogP contribution < -0.4 is 10.6 Å². The number of nitrogens with one attached hydrogen (secondary N) is 2. The molecular weight excluding hydrogens is 407 g/mol. The lowest BCUT2D eigenvalue weighted by molar-refractivity contribution is -0.138. The van der Waals surface area contributed by atoms with E-state index in [1.165, 1.54) is 19.1 Å². The molecular formula is C23H20F3N3O2. The molecule has 0 atom stereocenters. The highest BCUT2D eigenvalue weighted by atomic mass is 19.4. The van der Waals surface area contributed by atoms with E-state index in [-0.39, 0.29) is 12.5 Å². The molecule has 0 saturated heterocycles. The summed E-state index contributed by atoms with van der Waals surface area (Å²) in [6.45, 7) is 1.58. The third kappa shape index (κ3) is 5.91. The molecule has 160 valence electrons. The number of hydrogen-bond donors (Lipinski definition) is 2. The second kappa shape index (κ2) is 9.42. The van der Waals surface area contributed by atoms with Gasteiger partial charge in [-0.05, 0) is 47.4 Å². The Balaban J connectivity index is 1.67. The van der Waals surface area contributed by atoms with E-state index in [9.17, 15) is 22.8 Å². The van der Waals surface area contributed by atoms with Gasteiger partial charge in [-0.3, -0.25) is 9.59 Å². The number of halogens is 3. The Hall–Kier alpha value is -3.68. The van der Waals surface area contributed by atoms with E-state index in [1.54, 1.807) is 18.3 Å². The number of aromatic nitrogens is 1. The van der Waals surface area contributed by atoms with Crippen LogP contribution in [0, 0.1) is 0 Å². The van der Waals surface area contributed by atoms with Crippen molar-refractivity contribution in [2.24, 2.45) is 0 Å². The van der Waals surface area contributed by atoms with Crippen molar-refractivity contribution in [3.63, 3.8) is 0 Å². The third-order valence-corrected chi connectivity index (χ3v) is 4.50. The fraction of sp³-hybridized carbons (Fsp3) is 0.174. The lowest BCUT2D eigenvalue weighted by Crippen LogP contribution is -2.28. The summed E-state index contributed by atoms with van der Waals surface area (Å²) in [4.78, 5) is 27.6. The lowest BCUT2D eigenvalue weighted by atomic mass is 10.0. The Morgan fingerprint density at radius 1 is 0.968 bits per heavy atom. The van der Waals surface area contributed by atoms with Gasteiger partial charge < -0.3 is 10.6 Å². The number of alkyl halides is 3. The minimum absolute atomic E-state index is 0.183. The smallest absolute Gasteiger partial charge is 0.352 e. The van der Waals surface area contributed by atoms with Crippen molar-refractivity contribution in [2.75, 3.05) is 11.9 Å². The van der Waals surface area contributed by atoms with E-state index < -0.39 is 23.2 Å². The predicted octanol–water partition coefficient (Wildman–Crippen LogP) is 4.70. The Morgan fingerprint density at radius 2 is 1.71 bits per heavy atom. The molecule has 3 rings (SSSR count). The molecule has 2 amide bonds. The standard InChI is InChI=1S/C23H20F3N3O2/c1-15(30)29-21-14-18(10-12-27-21)17-6-4-5-16(13-17)9-11-28-22(31)19-7-2-3-8-20(19)23(24,25)26/h2-8,10,12-14H,9,11H2,1H3,(H,28,31)(H,27,29,30). The summed E-state index contributed by atoms with van der Waals surface area (Å²) < 4.78 is 39.3. The molecule has 1 heterocycles. The van der Waals surface area contributed by atoms with Crippen LogP contribution in [0.3, 0.4) is 0 Å². The first kappa shape index (κ1) is 22.0. The maximum absolute atomic E-state index is 13.1. The third-order valence-electron chi connectivity index (χ3n) is 4.50. The number of amides is 2. The Morgan fingerprint density at radius 3 is 2.45 bits per heavy atom. The average Bonchev–Trinajstić information content (AvgIpc) is 2.73. The number of nitrogens with zero attached hydrogens (tertiary/aromatic N) is 1. The number of anilines is 1. The Kier molecular flexibility index (Phi) is 6.69. The summed E-state index contributed by atoms with van der Waals surface area (Å²) in [5.41, 5.74) is 1.29. The van der Waals surface area contributed by atoms with Crippen molar-refractivity contribution >= 4 is 17.6 Å². The maximum Gasteiger partial charge on any atom is 0.417 e. The molecule has 0 saturated carbocycles. The van der Waals surface area contributed by atoms with Crippen LogP contribution in [-0.2, 0) is 17.4 Å². The van der Waals surface area contributed by atoms with Gasteiger partial charge in [0.1, 0.15) is 5.82 Å². The summed E-state index contributed by atoms with van der Waals surface area (Å²) in [6, 6.07) is 15.8. The quantitative estimate of drug-likeness (QED) is 0.599. The second-order valence-corrected chi connectivity index (χ2v) is 6.86. The van der Waals surface area contributed by atoms with Crippen molar-refractivity contribution in [3.8, 4) is 11.1 Å². The fourth-order valence-corrected chi connectivity index (χ4v) is 3.11. The Bertz CT molecular complexity index is 1100. The number of pyridine rings is 1. The number of rotatable bonds is 6. The van der Waals surface area contributed by atoms with E-state index in [0.717, 1.165) is 28.8 Å². The highest BCUT2D eigenvalue weighted by Crippen LogP contribution is 2.31. The molecule has 0 aliphatic rings. The zero-order valence-electron chi connectivity index (χ0n) is 16.7. The van der Waals surface area contributed by atoms with Crippen LogP contribution in [0.2, 0.25) is 0 Å². The molecule has 0 aliphatic carbocycles. The van der Waals surface area contributed by atoms with Crippen molar-refractivity contribution < 1.29 is 22.8 Å². The van der Waals surface area contributed by atoms with Gasteiger partial charge in [-0.1, -0.05) is 36.4 Å².